The third-order valence-corrected chi connectivity index (χ3v) is 10.7. The van der Waals surface area contributed by atoms with Crippen LogP contribution in [0.1, 0.15) is 30.5 Å². The number of ether oxygens (including phenoxy) is 1. The fourth-order valence-corrected chi connectivity index (χ4v) is 8.99. The number of likely N-dealkylation sites (N-methyl/N-ethyl adjacent to an activating group) is 1. The largest absolute Gasteiger partial charge is 0.469 e. The van der Waals surface area contributed by atoms with Gasteiger partial charge in [0.15, 0.2) is 9.74 Å². The Balaban J connectivity index is 1.78. The first kappa shape index (κ1) is 17.9. The molecule has 9 heteroatoms. The molecular weight excluding hydrogens is 452 g/mol. The van der Waals surface area contributed by atoms with E-state index in [0.29, 0.717) is 6.42 Å². The highest BCUT2D eigenvalue weighted by molar-refractivity contribution is 9.10. The molecule has 5 aliphatic rings. The van der Waals surface area contributed by atoms with Crippen molar-refractivity contribution in [1.29, 1.82) is 0 Å². The highest BCUT2D eigenvalue weighted by Gasteiger charge is 2.78. The van der Waals surface area contributed by atoms with Crippen LogP contribution in [0.5, 0.6) is 0 Å². The van der Waals surface area contributed by atoms with Crippen LogP contribution in [-0.2, 0) is 25.5 Å². The lowest BCUT2D eigenvalue weighted by Crippen LogP contribution is -2.73. The second kappa shape index (κ2) is 5.24. The Morgan fingerprint density at radius 1 is 1.30 bits per heavy atom. The Kier molecular flexibility index (Phi) is 3.47. The Morgan fingerprint density at radius 2 is 2.04 bits per heavy atom. The first-order valence-corrected chi connectivity index (χ1v) is 11.5. The molecule has 6 rings (SSSR count). The number of hydrogen-bond donors (Lipinski definition) is 0. The Hall–Kier alpha value is -1.19. The number of methoxy groups -OCH3 is 1. The van der Waals surface area contributed by atoms with Crippen LogP contribution in [0.2, 0.25) is 0 Å². The molecule has 1 spiro atoms. The van der Waals surface area contributed by atoms with Gasteiger partial charge in [-0.2, -0.15) is 0 Å². The quantitative estimate of drug-likeness (QED) is 0.466. The average molecular weight is 469 g/mol. The predicted molar refractivity (Wildman–Crippen MR) is 106 cm³/mol. The first-order valence-electron chi connectivity index (χ1n) is 8.57. The SMILES string of the molecule is COC(=O)[C@]12Cc3ccc(Br)cc3[C@@H]1N1C(=O)[C@]3(C)SSC1(C2)C(=O)N3C. The molecule has 0 saturated carbocycles. The van der Waals surface area contributed by atoms with Crippen LogP contribution in [0.25, 0.3) is 0 Å². The van der Waals surface area contributed by atoms with Gasteiger partial charge in [-0.05, 0) is 36.6 Å². The molecule has 4 atom stereocenters. The van der Waals surface area contributed by atoms with E-state index in [9.17, 15) is 14.4 Å². The van der Waals surface area contributed by atoms with E-state index in [1.807, 2.05) is 18.2 Å². The highest BCUT2D eigenvalue weighted by atomic mass is 79.9. The number of carbonyl (C=O) groups is 3. The summed E-state index contributed by atoms with van der Waals surface area (Å²) in [6.07, 6.45) is 0.740. The molecule has 0 radical (unpaired) electrons. The zero-order chi connectivity index (χ0) is 19.4. The molecule has 1 aliphatic carbocycles. The van der Waals surface area contributed by atoms with Gasteiger partial charge in [0.05, 0.1) is 13.2 Å². The summed E-state index contributed by atoms with van der Waals surface area (Å²) in [5.41, 5.74) is 1.02. The van der Waals surface area contributed by atoms with E-state index in [4.69, 9.17) is 4.74 Å². The third kappa shape index (κ3) is 1.84. The summed E-state index contributed by atoms with van der Waals surface area (Å²) >= 11 is 3.50. The van der Waals surface area contributed by atoms with Gasteiger partial charge in [-0.25, -0.2) is 0 Å². The monoisotopic (exact) mass is 468 g/mol. The van der Waals surface area contributed by atoms with Gasteiger partial charge < -0.3 is 14.5 Å². The van der Waals surface area contributed by atoms with Crippen molar-refractivity contribution in [2.45, 2.75) is 35.5 Å². The Labute approximate surface area is 172 Å². The van der Waals surface area contributed by atoms with E-state index in [-0.39, 0.29) is 24.2 Å². The van der Waals surface area contributed by atoms with Gasteiger partial charge in [0.2, 0.25) is 0 Å². The summed E-state index contributed by atoms with van der Waals surface area (Å²) in [7, 11) is 5.88. The fourth-order valence-electron chi connectivity index (χ4n) is 5.07. The number of esters is 1. The molecule has 1 aromatic carbocycles. The molecule has 4 heterocycles. The van der Waals surface area contributed by atoms with E-state index < -0.39 is 21.2 Å². The van der Waals surface area contributed by atoms with Crippen LogP contribution in [0.4, 0.5) is 0 Å². The molecular formula is C18H17BrN2O4S2. The van der Waals surface area contributed by atoms with Crippen molar-refractivity contribution in [1.82, 2.24) is 9.80 Å². The number of benzene rings is 1. The lowest BCUT2D eigenvalue weighted by atomic mass is 9.79. The maximum Gasteiger partial charge on any atom is 0.314 e. The number of halogens is 1. The standard InChI is InChI=1S/C18H17BrN2O4S2/c1-16-13(22)21-12-11-6-10(19)5-4-9(11)7-17(12,15(24)25-3)8-18(21,27-26-16)14(23)20(16)2/h4-6,12H,7-8H2,1-3H3/t12-,16-,17-,18?/m0/s1. The minimum atomic E-state index is -1.06. The fraction of sp³-hybridized carbons (Fsp3) is 0.500. The number of carbonyl (C=O) groups excluding carboxylic acids is 3. The zero-order valence-corrected chi connectivity index (χ0v) is 18.2. The second-order valence-corrected chi connectivity index (χ2v) is 11.4. The van der Waals surface area contributed by atoms with Crippen LogP contribution in [0, 0.1) is 5.41 Å². The van der Waals surface area contributed by atoms with E-state index in [1.165, 1.54) is 28.7 Å². The number of rotatable bonds is 1. The van der Waals surface area contributed by atoms with Crippen molar-refractivity contribution in [2.75, 3.05) is 14.2 Å². The number of hydrogen-bond acceptors (Lipinski definition) is 6. The van der Waals surface area contributed by atoms with Crippen molar-refractivity contribution < 1.29 is 19.1 Å². The highest BCUT2D eigenvalue weighted by Crippen LogP contribution is 2.72. The summed E-state index contributed by atoms with van der Waals surface area (Å²) in [5, 5.41) is 0. The Morgan fingerprint density at radius 3 is 2.74 bits per heavy atom. The summed E-state index contributed by atoms with van der Waals surface area (Å²) in [5.74, 6) is -0.578. The number of amides is 2. The minimum Gasteiger partial charge on any atom is -0.469 e. The lowest BCUT2D eigenvalue weighted by molar-refractivity contribution is -0.165. The molecule has 4 fully saturated rings. The molecule has 6 nitrogen and oxygen atoms in total. The van der Waals surface area contributed by atoms with Crippen molar-refractivity contribution >= 4 is 55.3 Å². The molecule has 4 saturated heterocycles. The number of nitrogens with zero attached hydrogens (tertiary/aromatic N) is 2. The van der Waals surface area contributed by atoms with E-state index in [2.05, 4.69) is 15.9 Å². The molecule has 1 aromatic rings. The summed E-state index contributed by atoms with van der Waals surface area (Å²) in [4.78, 5) is 41.2. The molecule has 2 bridgehead atoms. The molecule has 2 amide bonds. The van der Waals surface area contributed by atoms with Gasteiger partial charge in [-0.1, -0.05) is 43.6 Å². The van der Waals surface area contributed by atoms with Crippen molar-refractivity contribution in [3.05, 3.63) is 33.8 Å². The van der Waals surface area contributed by atoms with Crippen molar-refractivity contribution in [3.63, 3.8) is 0 Å². The Bertz CT molecular complexity index is 942. The van der Waals surface area contributed by atoms with Crippen LogP contribution in [0.3, 0.4) is 0 Å². The van der Waals surface area contributed by atoms with Gasteiger partial charge in [-0.15, -0.1) is 0 Å². The van der Waals surface area contributed by atoms with Gasteiger partial charge in [0.1, 0.15) is 5.41 Å². The number of fused-ring (bicyclic) bond motifs is 5. The van der Waals surface area contributed by atoms with Crippen LogP contribution < -0.4 is 0 Å². The summed E-state index contributed by atoms with van der Waals surface area (Å²) < 4.78 is 6.09. The van der Waals surface area contributed by atoms with E-state index in [1.54, 1.807) is 23.8 Å². The van der Waals surface area contributed by atoms with Crippen molar-refractivity contribution in [3.8, 4) is 0 Å². The van der Waals surface area contributed by atoms with Crippen LogP contribution in [-0.4, -0.2) is 51.5 Å². The topological polar surface area (TPSA) is 66.9 Å². The molecule has 4 aliphatic heterocycles. The maximum absolute atomic E-state index is 13.6. The third-order valence-electron chi connectivity index (χ3n) is 6.46. The number of piperazine rings is 1. The molecule has 27 heavy (non-hydrogen) atoms. The predicted octanol–water partition coefficient (Wildman–Crippen LogP) is 2.72. The van der Waals surface area contributed by atoms with Gasteiger partial charge in [-0.3, -0.25) is 14.4 Å². The molecule has 0 aromatic heterocycles. The minimum absolute atomic E-state index is 0.109. The van der Waals surface area contributed by atoms with Gasteiger partial charge >= 0.3 is 5.97 Å². The summed E-state index contributed by atoms with van der Waals surface area (Å²) in [6.45, 7) is 1.78. The smallest absolute Gasteiger partial charge is 0.314 e. The van der Waals surface area contributed by atoms with Crippen molar-refractivity contribution in [2.24, 2.45) is 5.41 Å². The van der Waals surface area contributed by atoms with E-state index in [0.717, 1.165) is 15.6 Å². The van der Waals surface area contributed by atoms with Gasteiger partial charge in [0, 0.05) is 17.9 Å². The van der Waals surface area contributed by atoms with Crippen LogP contribution >= 0.6 is 37.5 Å². The molecule has 0 N–H and O–H groups in total. The summed E-state index contributed by atoms with van der Waals surface area (Å²) in [6, 6.07) is 5.40. The first-order chi connectivity index (χ1) is 12.7. The second-order valence-electron chi connectivity index (χ2n) is 7.72. The van der Waals surface area contributed by atoms with Gasteiger partial charge in [0.25, 0.3) is 11.8 Å². The van der Waals surface area contributed by atoms with Crippen LogP contribution in [0.15, 0.2) is 22.7 Å². The molecule has 1 unspecified atom stereocenters. The maximum atomic E-state index is 13.6. The van der Waals surface area contributed by atoms with E-state index >= 15 is 0 Å². The lowest BCUT2D eigenvalue weighted by Gasteiger charge is -2.57. The normalized spacial score (nSPS) is 38.7. The zero-order valence-electron chi connectivity index (χ0n) is 14.9. The average Bonchev–Trinajstić information content (AvgIpc) is 3.12. The molecule has 142 valence electrons.